The van der Waals surface area contributed by atoms with Gasteiger partial charge in [0.1, 0.15) is 0 Å². The first kappa shape index (κ1) is 19.9. The van der Waals surface area contributed by atoms with Crippen LogP contribution in [0.3, 0.4) is 0 Å². The van der Waals surface area contributed by atoms with Crippen LogP contribution in [0.15, 0.2) is 66.7 Å². The summed E-state index contributed by atoms with van der Waals surface area (Å²) < 4.78 is 23.3. The summed E-state index contributed by atoms with van der Waals surface area (Å²) in [6.45, 7) is 0.542. The zero-order valence-corrected chi connectivity index (χ0v) is 16.8. The Morgan fingerprint density at radius 1 is 0.815 bits per heavy atom. The number of aryl methyl sites for hydroxylation is 1. The molecule has 3 aromatic carbocycles. The Morgan fingerprint density at radius 3 is 2.30 bits per heavy atom. The van der Waals surface area contributed by atoms with Crippen molar-refractivity contribution in [2.75, 3.05) is 10.8 Å². The second-order valence-electron chi connectivity index (χ2n) is 6.59. The maximum Gasteiger partial charge on any atom is 0.261 e. The highest BCUT2D eigenvalue weighted by atomic mass is 35.5. The van der Waals surface area contributed by atoms with Crippen molar-refractivity contribution in [2.45, 2.75) is 32.1 Å². The molecule has 0 fully saturated rings. The van der Waals surface area contributed by atoms with Crippen LogP contribution >= 0.6 is 11.6 Å². The molecule has 0 aliphatic carbocycles. The fourth-order valence-corrected chi connectivity index (χ4v) is 4.19. The number of unbranched alkanes of at least 4 members (excludes halogenated alkanes) is 3. The summed E-state index contributed by atoms with van der Waals surface area (Å²) in [5, 5.41) is 2.45. The van der Waals surface area contributed by atoms with Crippen LogP contribution in [0.4, 0.5) is 5.69 Å². The van der Waals surface area contributed by atoms with Gasteiger partial charge in [0.2, 0.25) is 0 Å². The lowest BCUT2D eigenvalue weighted by atomic mass is 10.1. The normalized spacial score (nSPS) is 12.2. The fraction of sp³-hybridized carbons (Fsp3) is 0.273. The van der Waals surface area contributed by atoms with Crippen molar-refractivity contribution in [3.8, 4) is 0 Å². The van der Waals surface area contributed by atoms with Gasteiger partial charge in [-0.05, 0) is 37.0 Å². The van der Waals surface area contributed by atoms with E-state index in [4.69, 9.17) is 11.6 Å². The van der Waals surface area contributed by atoms with Gasteiger partial charge in [-0.3, -0.25) is 8.86 Å². The van der Waals surface area contributed by atoms with E-state index in [1.807, 2.05) is 42.5 Å². The molecule has 0 aliphatic rings. The van der Waals surface area contributed by atoms with E-state index in [1.54, 1.807) is 4.31 Å². The van der Waals surface area contributed by atoms with E-state index in [9.17, 15) is 8.76 Å². The number of benzene rings is 3. The maximum absolute atomic E-state index is 11.9. The van der Waals surface area contributed by atoms with Crippen molar-refractivity contribution >= 4 is 39.3 Å². The van der Waals surface area contributed by atoms with Gasteiger partial charge in [-0.1, -0.05) is 79.0 Å². The first-order valence-electron chi connectivity index (χ1n) is 9.26. The minimum Gasteiger partial charge on any atom is -0.289 e. The van der Waals surface area contributed by atoms with Gasteiger partial charge in [0.05, 0.1) is 5.69 Å². The molecule has 1 N–H and O–H groups in total. The summed E-state index contributed by atoms with van der Waals surface area (Å²) in [6.07, 6.45) is 5.24. The van der Waals surface area contributed by atoms with Crippen LogP contribution in [0.25, 0.3) is 10.8 Å². The highest BCUT2D eigenvalue weighted by molar-refractivity contribution is 7.80. The Kier molecular flexibility index (Phi) is 7.27. The third kappa shape index (κ3) is 5.32. The second-order valence-corrected chi connectivity index (χ2v) is 7.90. The van der Waals surface area contributed by atoms with Gasteiger partial charge >= 0.3 is 0 Å². The Bertz CT molecular complexity index is 901. The van der Waals surface area contributed by atoms with Gasteiger partial charge in [0.25, 0.3) is 11.3 Å². The summed E-state index contributed by atoms with van der Waals surface area (Å²) in [5.74, 6) is 0. The van der Waals surface area contributed by atoms with E-state index in [-0.39, 0.29) is 0 Å². The molecule has 142 valence electrons. The number of hydrogen-bond donors (Lipinski definition) is 1. The zero-order valence-electron chi connectivity index (χ0n) is 15.2. The zero-order chi connectivity index (χ0) is 19.1. The van der Waals surface area contributed by atoms with Crippen LogP contribution in [0, 0.1) is 0 Å². The van der Waals surface area contributed by atoms with E-state index in [1.165, 1.54) is 5.56 Å². The summed E-state index contributed by atoms with van der Waals surface area (Å²) in [5.41, 5.74) is 2.11. The van der Waals surface area contributed by atoms with Gasteiger partial charge in [-0.25, -0.2) is 4.21 Å². The SMILES string of the molecule is O=S(O)N(CCCCCCc1ccccc1)c1cccc2c(Cl)cccc12. The Labute approximate surface area is 168 Å². The minimum atomic E-state index is -2.06. The van der Waals surface area contributed by atoms with Crippen molar-refractivity contribution in [3.05, 3.63) is 77.3 Å². The number of nitrogens with zero attached hydrogens (tertiary/aromatic N) is 1. The molecule has 0 amide bonds. The lowest BCUT2D eigenvalue weighted by Crippen LogP contribution is -2.26. The van der Waals surface area contributed by atoms with Crippen LogP contribution in [0.5, 0.6) is 0 Å². The predicted octanol–water partition coefficient (Wildman–Crippen LogP) is 6.24. The van der Waals surface area contributed by atoms with E-state index in [2.05, 4.69) is 24.3 Å². The van der Waals surface area contributed by atoms with Gasteiger partial charge < -0.3 is 0 Å². The van der Waals surface area contributed by atoms with E-state index < -0.39 is 11.3 Å². The molecule has 3 aromatic rings. The van der Waals surface area contributed by atoms with Crippen molar-refractivity contribution in [1.82, 2.24) is 0 Å². The van der Waals surface area contributed by atoms with Crippen LogP contribution in [-0.2, 0) is 17.7 Å². The number of fused-ring (bicyclic) bond motifs is 1. The van der Waals surface area contributed by atoms with Crippen LogP contribution in [-0.4, -0.2) is 15.3 Å². The largest absolute Gasteiger partial charge is 0.289 e. The highest BCUT2D eigenvalue weighted by Gasteiger charge is 2.15. The van der Waals surface area contributed by atoms with Gasteiger partial charge in [0, 0.05) is 22.3 Å². The third-order valence-electron chi connectivity index (χ3n) is 4.72. The molecule has 5 heteroatoms. The van der Waals surface area contributed by atoms with Gasteiger partial charge in [-0.2, -0.15) is 0 Å². The molecule has 1 unspecified atom stereocenters. The molecular formula is C22H24ClNO2S. The molecule has 0 spiro atoms. The van der Waals surface area contributed by atoms with Gasteiger partial charge in [-0.15, -0.1) is 0 Å². The molecule has 3 nitrogen and oxygen atoms in total. The Morgan fingerprint density at radius 2 is 1.52 bits per heavy atom. The van der Waals surface area contributed by atoms with Crippen molar-refractivity contribution in [3.63, 3.8) is 0 Å². The van der Waals surface area contributed by atoms with Crippen molar-refractivity contribution in [1.29, 1.82) is 0 Å². The lowest BCUT2D eigenvalue weighted by Gasteiger charge is -2.22. The summed E-state index contributed by atoms with van der Waals surface area (Å²) >= 11 is 4.20. The Balaban J connectivity index is 1.57. The molecule has 3 rings (SSSR count). The third-order valence-corrected chi connectivity index (χ3v) is 5.81. The molecule has 27 heavy (non-hydrogen) atoms. The first-order chi connectivity index (χ1) is 13.2. The molecule has 0 saturated carbocycles. The average molecular weight is 402 g/mol. The van der Waals surface area contributed by atoms with E-state index in [0.29, 0.717) is 11.6 Å². The predicted molar refractivity (Wildman–Crippen MR) is 116 cm³/mol. The maximum atomic E-state index is 11.9. The average Bonchev–Trinajstić information content (AvgIpc) is 2.68. The molecule has 0 aromatic heterocycles. The molecule has 0 saturated heterocycles. The molecule has 0 radical (unpaired) electrons. The fourth-order valence-electron chi connectivity index (χ4n) is 3.34. The topological polar surface area (TPSA) is 40.5 Å². The number of halogens is 1. The lowest BCUT2D eigenvalue weighted by molar-refractivity contribution is 0.554. The van der Waals surface area contributed by atoms with E-state index >= 15 is 0 Å². The Hall–Kier alpha value is -1.88. The smallest absolute Gasteiger partial charge is 0.261 e. The monoisotopic (exact) mass is 401 g/mol. The number of anilines is 1. The van der Waals surface area contributed by atoms with Crippen LogP contribution in [0.1, 0.15) is 31.2 Å². The van der Waals surface area contributed by atoms with Crippen LogP contribution in [0.2, 0.25) is 5.02 Å². The quantitative estimate of drug-likeness (QED) is 0.340. The molecular weight excluding hydrogens is 378 g/mol. The molecule has 0 heterocycles. The molecule has 0 aliphatic heterocycles. The highest BCUT2D eigenvalue weighted by Crippen LogP contribution is 2.32. The second kappa shape index (κ2) is 9.88. The number of rotatable bonds is 9. The summed E-state index contributed by atoms with van der Waals surface area (Å²) in [6, 6.07) is 21.8. The van der Waals surface area contributed by atoms with Crippen molar-refractivity contribution in [2.24, 2.45) is 0 Å². The number of hydrogen-bond acceptors (Lipinski definition) is 1. The minimum absolute atomic E-state index is 0.542. The van der Waals surface area contributed by atoms with Gasteiger partial charge in [0.15, 0.2) is 0 Å². The van der Waals surface area contributed by atoms with Crippen LogP contribution < -0.4 is 4.31 Å². The van der Waals surface area contributed by atoms with E-state index in [0.717, 1.165) is 48.6 Å². The summed E-state index contributed by atoms with van der Waals surface area (Å²) in [4.78, 5) is 0. The van der Waals surface area contributed by atoms with Crippen molar-refractivity contribution < 1.29 is 8.76 Å². The standard InChI is InChI=1S/C22H24ClNO2S/c23-21-15-8-14-20-19(21)13-9-16-22(20)24(27(25)26)17-7-2-1-4-10-18-11-5-3-6-12-18/h3,5-6,8-9,11-16H,1-2,4,7,10,17H2,(H,25,26). The molecule has 1 atom stereocenters. The molecule has 0 bridgehead atoms. The first-order valence-corrected chi connectivity index (χ1v) is 10.7. The summed E-state index contributed by atoms with van der Waals surface area (Å²) in [7, 11) is 0.